The second-order valence-corrected chi connectivity index (χ2v) is 6.09. The maximum absolute atomic E-state index is 12.6. The number of carbonyl (C=O) groups excluding carboxylic acids is 1. The summed E-state index contributed by atoms with van der Waals surface area (Å²) in [7, 11) is 0. The molecule has 24 heavy (non-hydrogen) atoms. The van der Waals surface area contributed by atoms with Gasteiger partial charge in [-0.15, -0.1) is 0 Å². The van der Waals surface area contributed by atoms with Gasteiger partial charge in [0, 0.05) is 24.3 Å². The monoisotopic (exact) mass is 333 g/mol. The first kappa shape index (κ1) is 16.6. The number of nitrogens with zero attached hydrogens (tertiary/aromatic N) is 1. The molecule has 0 radical (unpaired) electrons. The quantitative estimate of drug-likeness (QED) is 0.745. The van der Waals surface area contributed by atoms with Gasteiger partial charge in [0.15, 0.2) is 0 Å². The minimum absolute atomic E-state index is 0.290. The van der Waals surface area contributed by atoms with Crippen LogP contribution in [0.3, 0.4) is 0 Å². The molecule has 2 nitrogen and oxygen atoms in total. The van der Waals surface area contributed by atoms with Crippen LogP contribution in [0.1, 0.15) is 40.2 Å². The van der Waals surface area contributed by atoms with E-state index in [-0.39, 0.29) is 5.92 Å². The van der Waals surface area contributed by atoms with Crippen molar-refractivity contribution >= 4 is 12.0 Å². The molecule has 126 valence electrons. The molecule has 0 amide bonds. The summed E-state index contributed by atoms with van der Waals surface area (Å²) in [6, 6.07) is 13.0. The summed E-state index contributed by atoms with van der Waals surface area (Å²) < 4.78 is 37.9. The van der Waals surface area contributed by atoms with E-state index >= 15 is 0 Å². The first-order valence-electron chi connectivity index (χ1n) is 7.95. The molecule has 2 aromatic rings. The van der Waals surface area contributed by atoms with Gasteiger partial charge in [0.1, 0.15) is 6.29 Å². The van der Waals surface area contributed by atoms with Crippen molar-refractivity contribution in [1.29, 1.82) is 0 Å². The highest BCUT2D eigenvalue weighted by molar-refractivity contribution is 5.75. The Labute approximate surface area is 138 Å². The van der Waals surface area contributed by atoms with E-state index in [1.807, 2.05) is 12.1 Å². The number of rotatable bonds is 3. The van der Waals surface area contributed by atoms with E-state index in [4.69, 9.17) is 0 Å². The van der Waals surface area contributed by atoms with E-state index in [0.717, 1.165) is 43.5 Å². The number of hydrogen-bond acceptors (Lipinski definition) is 2. The number of hydrogen-bond donors (Lipinski definition) is 0. The van der Waals surface area contributed by atoms with Crippen molar-refractivity contribution in [3.8, 4) is 0 Å². The predicted molar refractivity (Wildman–Crippen MR) is 87.5 cm³/mol. The normalized spacial score (nSPS) is 16.2. The second kappa shape index (κ2) is 6.67. The van der Waals surface area contributed by atoms with Crippen LogP contribution in [0.4, 0.5) is 18.9 Å². The smallest absolute Gasteiger partial charge is 0.371 e. The van der Waals surface area contributed by atoms with E-state index in [1.54, 1.807) is 24.3 Å². The van der Waals surface area contributed by atoms with Crippen LogP contribution in [-0.2, 0) is 6.18 Å². The highest BCUT2D eigenvalue weighted by Gasteiger charge is 2.30. The Bertz CT molecular complexity index is 684. The third-order valence-electron chi connectivity index (χ3n) is 4.60. The Morgan fingerprint density at radius 2 is 1.50 bits per heavy atom. The summed E-state index contributed by atoms with van der Waals surface area (Å²) in [5, 5.41) is 0. The Hall–Kier alpha value is -2.30. The van der Waals surface area contributed by atoms with Gasteiger partial charge in [-0.05, 0) is 60.7 Å². The lowest BCUT2D eigenvalue weighted by molar-refractivity contribution is -0.137. The summed E-state index contributed by atoms with van der Waals surface area (Å²) in [5.41, 5.74) is 2.10. The van der Waals surface area contributed by atoms with Crippen LogP contribution >= 0.6 is 0 Å². The van der Waals surface area contributed by atoms with Crippen molar-refractivity contribution in [1.82, 2.24) is 0 Å². The SMILES string of the molecule is O=Cc1ccc(N2CCC(c3ccc(C(F)(F)F)cc3)CC2)cc1. The third kappa shape index (κ3) is 3.61. The Balaban J connectivity index is 1.63. The second-order valence-electron chi connectivity index (χ2n) is 6.09. The van der Waals surface area contributed by atoms with Gasteiger partial charge in [-0.25, -0.2) is 0 Å². The number of anilines is 1. The van der Waals surface area contributed by atoms with Gasteiger partial charge in [0.25, 0.3) is 0 Å². The van der Waals surface area contributed by atoms with Gasteiger partial charge in [-0.3, -0.25) is 4.79 Å². The zero-order valence-corrected chi connectivity index (χ0v) is 13.1. The van der Waals surface area contributed by atoms with E-state index in [0.29, 0.717) is 5.56 Å². The molecule has 0 aromatic heterocycles. The lowest BCUT2D eigenvalue weighted by Gasteiger charge is -2.34. The lowest BCUT2D eigenvalue weighted by atomic mass is 9.88. The van der Waals surface area contributed by atoms with Crippen LogP contribution in [0.25, 0.3) is 0 Å². The summed E-state index contributed by atoms with van der Waals surface area (Å²) in [6.07, 6.45) is -1.65. The summed E-state index contributed by atoms with van der Waals surface area (Å²) >= 11 is 0. The zero-order chi connectivity index (χ0) is 17.2. The first-order chi connectivity index (χ1) is 11.5. The van der Waals surface area contributed by atoms with E-state index < -0.39 is 11.7 Å². The number of benzene rings is 2. The van der Waals surface area contributed by atoms with Crippen LogP contribution in [-0.4, -0.2) is 19.4 Å². The number of alkyl halides is 3. The van der Waals surface area contributed by atoms with Crippen LogP contribution in [0.5, 0.6) is 0 Å². The van der Waals surface area contributed by atoms with Gasteiger partial charge in [-0.2, -0.15) is 13.2 Å². The fraction of sp³-hybridized carbons (Fsp3) is 0.316. The van der Waals surface area contributed by atoms with Crippen molar-refractivity contribution < 1.29 is 18.0 Å². The molecule has 1 aliphatic heterocycles. The average Bonchev–Trinajstić information content (AvgIpc) is 2.61. The van der Waals surface area contributed by atoms with Crippen LogP contribution in [0.15, 0.2) is 48.5 Å². The van der Waals surface area contributed by atoms with E-state index in [2.05, 4.69) is 4.90 Å². The standard InChI is InChI=1S/C19H18F3NO/c20-19(21,22)17-5-3-15(4-6-17)16-9-11-23(12-10-16)18-7-1-14(13-24)2-8-18/h1-8,13,16H,9-12H2. The Morgan fingerprint density at radius 1 is 0.917 bits per heavy atom. The van der Waals surface area contributed by atoms with Crippen molar-refractivity contribution in [2.45, 2.75) is 24.9 Å². The Morgan fingerprint density at radius 3 is 2.00 bits per heavy atom. The predicted octanol–water partition coefficient (Wildman–Crippen LogP) is 4.90. The summed E-state index contributed by atoms with van der Waals surface area (Å²) in [5.74, 6) is 0.290. The summed E-state index contributed by atoms with van der Waals surface area (Å²) in [4.78, 5) is 12.9. The van der Waals surface area contributed by atoms with Crippen LogP contribution in [0, 0.1) is 0 Å². The largest absolute Gasteiger partial charge is 0.416 e. The number of carbonyl (C=O) groups is 1. The molecule has 3 rings (SSSR count). The molecule has 0 N–H and O–H groups in total. The fourth-order valence-electron chi connectivity index (χ4n) is 3.18. The van der Waals surface area contributed by atoms with E-state index in [1.165, 1.54) is 12.1 Å². The molecule has 0 aliphatic carbocycles. The topological polar surface area (TPSA) is 20.3 Å². The van der Waals surface area contributed by atoms with Gasteiger partial charge < -0.3 is 4.90 Å². The number of aldehydes is 1. The van der Waals surface area contributed by atoms with Crippen molar-refractivity contribution in [2.75, 3.05) is 18.0 Å². The minimum Gasteiger partial charge on any atom is -0.371 e. The molecule has 2 aromatic carbocycles. The molecular formula is C19H18F3NO. The zero-order valence-electron chi connectivity index (χ0n) is 13.1. The molecule has 0 bridgehead atoms. The number of halogens is 3. The molecule has 0 atom stereocenters. The summed E-state index contributed by atoms with van der Waals surface area (Å²) in [6.45, 7) is 1.71. The van der Waals surface area contributed by atoms with Gasteiger partial charge in [0.2, 0.25) is 0 Å². The molecule has 1 heterocycles. The van der Waals surface area contributed by atoms with Gasteiger partial charge in [-0.1, -0.05) is 12.1 Å². The molecule has 0 saturated carbocycles. The average molecular weight is 333 g/mol. The molecule has 1 aliphatic rings. The molecule has 0 spiro atoms. The van der Waals surface area contributed by atoms with Crippen molar-refractivity contribution in [3.63, 3.8) is 0 Å². The fourth-order valence-corrected chi connectivity index (χ4v) is 3.18. The van der Waals surface area contributed by atoms with Crippen LogP contribution < -0.4 is 4.90 Å². The maximum Gasteiger partial charge on any atom is 0.416 e. The lowest BCUT2D eigenvalue weighted by Crippen LogP contribution is -2.32. The minimum atomic E-state index is -4.28. The molecular weight excluding hydrogens is 315 g/mol. The molecule has 0 unspecified atom stereocenters. The highest BCUT2D eigenvalue weighted by atomic mass is 19.4. The van der Waals surface area contributed by atoms with Crippen molar-refractivity contribution in [2.24, 2.45) is 0 Å². The highest BCUT2D eigenvalue weighted by Crippen LogP contribution is 2.33. The van der Waals surface area contributed by atoms with Crippen LogP contribution in [0.2, 0.25) is 0 Å². The molecule has 5 heteroatoms. The first-order valence-corrected chi connectivity index (χ1v) is 7.95. The van der Waals surface area contributed by atoms with Gasteiger partial charge >= 0.3 is 6.18 Å². The molecule has 1 saturated heterocycles. The third-order valence-corrected chi connectivity index (χ3v) is 4.60. The van der Waals surface area contributed by atoms with Gasteiger partial charge in [0.05, 0.1) is 5.56 Å². The van der Waals surface area contributed by atoms with E-state index in [9.17, 15) is 18.0 Å². The Kier molecular flexibility index (Phi) is 4.60. The molecule has 1 fully saturated rings. The number of piperidine rings is 1. The maximum atomic E-state index is 12.6. The van der Waals surface area contributed by atoms with Crippen molar-refractivity contribution in [3.05, 3.63) is 65.2 Å².